The molecule has 4 aliphatic rings. The van der Waals surface area contributed by atoms with Crippen LogP contribution in [0.25, 0.3) is 0 Å². The summed E-state index contributed by atoms with van der Waals surface area (Å²) in [7, 11) is 0. The third-order valence-corrected chi connectivity index (χ3v) is 10.9. The summed E-state index contributed by atoms with van der Waals surface area (Å²) in [5.74, 6) is 5.03. The minimum atomic E-state index is -0.528. The highest BCUT2D eigenvalue weighted by atomic mass is 16.3. The van der Waals surface area contributed by atoms with Crippen molar-refractivity contribution in [3.63, 3.8) is 0 Å². The Morgan fingerprint density at radius 1 is 0.897 bits per heavy atom. The van der Waals surface area contributed by atoms with Gasteiger partial charge >= 0.3 is 0 Å². The van der Waals surface area contributed by atoms with E-state index in [2.05, 4.69) is 27.7 Å². The van der Waals surface area contributed by atoms with E-state index in [0.29, 0.717) is 10.8 Å². The van der Waals surface area contributed by atoms with Gasteiger partial charge in [0.15, 0.2) is 0 Å². The maximum Gasteiger partial charge on any atom is 0.0622 e. The Bertz CT molecular complexity index is 604. The first-order valence-corrected chi connectivity index (χ1v) is 12.8. The predicted molar refractivity (Wildman–Crippen MR) is 121 cm³/mol. The van der Waals surface area contributed by atoms with Gasteiger partial charge in [0.1, 0.15) is 0 Å². The van der Waals surface area contributed by atoms with Crippen molar-refractivity contribution in [3.8, 4) is 0 Å². The number of fused-ring (bicyclic) bond motifs is 5. The molecule has 168 valence electrons. The Kier molecular flexibility index (Phi) is 5.51. The Morgan fingerprint density at radius 2 is 1.59 bits per heavy atom. The van der Waals surface area contributed by atoms with Crippen LogP contribution in [0, 0.1) is 46.3 Å². The molecule has 29 heavy (non-hydrogen) atoms. The molecule has 4 aliphatic carbocycles. The molecule has 4 saturated carbocycles. The van der Waals surface area contributed by atoms with Crippen LogP contribution in [0.15, 0.2) is 0 Å². The number of aliphatic hydroxyl groups is 2. The lowest BCUT2D eigenvalue weighted by atomic mass is 9.43. The average Bonchev–Trinajstić information content (AvgIpc) is 2.97. The topological polar surface area (TPSA) is 40.5 Å². The van der Waals surface area contributed by atoms with Crippen LogP contribution < -0.4 is 0 Å². The van der Waals surface area contributed by atoms with E-state index in [9.17, 15) is 10.2 Å². The Labute approximate surface area is 180 Å². The summed E-state index contributed by atoms with van der Waals surface area (Å²) in [5.41, 5.74) is 0.0369. The summed E-state index contributed by atoms with van der Waals surface area (Å²) in [6.45, 7) is 13.7. The van der Waals surface area contributed by atoms with Crippen molar-refractivity contribution in [1.82, 2.24) is 0 Å². The van der Waals surface area contributed by atoms with Gasteiger partial charge in [0.2, 0.25) is 0 Å². The molecule has 0 radical (unpaired) electrons. The van der Waals surface area contributed by atoms with E-state index < -0.39 is 11.2 Å². The summed E-state index contributed by atoms with van der Waals surface area (Å²) in [4.78, 5) is 0. The van der Waals surface area contributed by atoms with Crippen molar-refractivity contribution < 1.29 is 10.2 Å². The van der Waals surface area contributed by atoms with Gasteiger partial charge in [0.25, 0.3) is 0 Å². The summed E-state index contributed by atoms with van der Waals surface area (Å²) in [5, 5.41) is 20.9. The predicted octanol–water partition coefficient (Wildman–Crippen LogP) is 6.58. The monoisotopic (exact) mass is 404 g/mol. The largest absolute Gasteiger partial charge is 0.390 e. The maximum atomic E-state index is 10.7. The maximum absolute atomic E-state index is 10.7. The molecule has 4 rings (SSSR count). The molecule has 0 saturated heterocycles. The first-order chi connectivity index (χ1) is 13.4. The van der Waals surface area contributed by atoms with Crippen LogP contribution in [0.5, 0.6) is 0 Å². The van der Waals surface area contributed by atoms with Gasteiger partial charge in [-0.1, -0.05) is 20.8 Å². The summed E-state index contributed by atoms with van der Waals surface area (Å²) in [6.07, 6.45) is 13.8. The second kappa shape index (κ2) is 7.22. The van der Waals surface area contributed by atoms with Gasteiger partial charge in [-0.05, 0) is 138 Å². The van der Waals surface area contributed by atoms with Gasteiger partial charge in [-0.15, -0.1) is 0 Å². The molecule has 0 heterocycles. The van der Waals surface area contributed by atoms with Crippen LogP contribution in [-0.4, -0.2) is 21.4 Å². The lowest BCUT2D eigenvalue weighted by molar-refractivity contribution is -0.148. The van der Waals surface area contributed by atoms with Crippen LogP contribution in [-0.2, 0) is 0 Å². The molecule has 0 aromatic heterocycles. The standard InChI is InChI=1S/C27H48O2/c1-18(11-13-24(2,3)28)21-9-10-22-20-8-7-19-17-25(4,29)15-16-26(19,5)23(20)12-14-27(21,22)6/h18-23,28-29H,7-17H2,1-6H3/t18-,19+,20?,21-,22?,23?,25-,26+,27-/m1/s1. The Morgan fingerprint density at radius 3 is 2.28 bits per heavy atom. The van der Waals surface area contributed by atoms with Gasteiger partial charge < -0.3 is 10.2 Å². The van der Waals surface area contributed by atoms with Crippen molar-refractivity contribution in [3.05, 3.63) is 0 Å². The summed E-state index contributed by atoms with van der Waals surface area (Å²) < 4.78 is 0. The molecule has 3 unspecified atom stereocenters. The van der Waals surface area contributed by atoms with Crippen LogP contribution in [0.1, 0.15) is 112 Å². The lowest BCUT2D eigenvalue weighted by Gasteiger charge is -2.62. The Balaban J connectivity index is 1.49. The molecule has 2 nitrogen and oxygen atoms in total. The molecule has 0 spiro atoms. The lowest BCUT2D eigenvalue weighted by Crippen LogP contribution is -2.55. The van der Waals surface area contributed by atoms with Crippen molar-refractivity contribution in [2.45, 2.75) is 123 Å². The first kappa shape index (κ1) is 22.1. The van der Waals surface area contributed by atoms with Gasteiger partial charge in [-0.25, -0.2) is 0 Å². The fourth-order valence-electron chi connectivity index (χ4n) is 9.19. The highest BCUT2D eigenvalue weighted by Crippen LogP contribution is 2.68. The second-order valence-corrected chi connectivity index (χ2v) is 13.4. The van der Waals surface area contributed by atoms with Crippen molar-refractivity contribution in [2.24, 2.45) is 46.3 Å². The van der Waals surface area contributed by atoms with Crippen molar-refractivity contribution >= 4 is 0 Å². The SMILES string of the molecule is C[C@H](CCC(C)(C)O)[C@H]1CCC2C3CC[C@H]4C[C@](C)(O)CC[C@]4(C)C3CC[C@@]21C. The van der Waals surface area contributed by atoms with E-state index in [1.165, 1.54) is 51.4 Å². The number of rotatable bonds is 4. The smallest absolute Gasteiger partial charge is 0.0622 e. The van der Waals surface area contributed by atoms with Gasteiger partial charge in [0.05, 0.1) is 11.2 Å². The zero-order valence-corrected chi connectivity index (χ0v) is 20.1. The van der Waals surface area contributed by atoms with Gasteiger partial charge in [0, 0.05) is 0 Å². The zero-order valence-electron chi connectivity index (χ0n) is 20.1. The Hall–Kier alpha value is -0.0800. The molecule has 2 N–H and O–H groups in total. The molecule has 0 aromatic carbocycles. The van der Waals surface area contributed by atoms with Crippen LogP contribution in [0.4, 0.5) is 0 Å². The first-order valence-electron chi connectivity index (χ1n) is 12.8. The summed E-state index contributed by atoms with van der Waals surface area (Å²) in [6, 6.07) is 0. The van der Waals surface area contributed by atoms with E-state index >= 15 is 0 Å². The number of hydrogen-bond acceptors (Lipinski definition) is 2. The highest BCUT2D eigenvalue weighted by molar-refractivity contribution is 5.10. The van der Waals surface area contributed by atoms with Crippen LogP contribution in [0.3, 0.4) is 0 Å². The average molecular weight is 405 g/mol. The van der Waals surface area contributed by atoms with E-state index in [4.69, 9.17) is 0 Å². The normalized spacial score (nSPS) is 51.1. The fourth-order valence-corrected chi connectivity index (χ4v) is 9.19. The van der Waals surface area contributed by atoms with E-state index in [0.717, 1.165) is 54.8 Å². The molecule has 2 heteroatoms. The van der Waals surface area contributed by atoms with Crippen LogP contribution in [0.2, 0.25) is 0 Å². The minimum absolute atomic E-state index is 0.422. The van der Waals surface area contributed by atoms with Crippen molar-refractivity contribution in [2.75, 3.05) is 0 Å². The second-order valence-electron chi connectivity index (χ2n) is 13.4. The number of hydrogen-bond donors (Lipinski definition) is 2. The highest BCUT2D eigenvalue weighted by Gasteiger charge is 2.61. The molecule has 0 aliphatic heterocycles. The quantitative estimate of drug-likeness (QED) is 0.555. The van der Waals surface area contributed by atoms with Gasteiger partial charge in [-0.3, -0.25) is 0 Å². The van der Waals surface area contributed by atoms with Crippen LogP contribution >= 0.6 is 0 Å². The summed E-state index contributed by atoms with van der Waals surface area (Å²) >= 11 is 0. The van der Waals surface area contributed by atoms with E-state index in [1.54, 1.807) is 0 Å². The molecule has 0 amide bonds. The van der Waals surface area contributed by atoms with E-state index in [-0.39, 0.29) is 0 Å². The molecular weight excluding hydrogens is 356 g/mol. The molecule has 9 atom stereocenters. The third kappa shape index (κ3) is 3.84. The van der Waals surface area contributed by atoms with Crippen molar-refractivity contribution in [1.29, 1.82) is 0 Å². The molecule has 0 bridgehead atoms. The third-order valence-electron chi connectivity index (χ3n) is 10.9. The van der Waals surface area contributed by atoms with E-state index in [1.807, 2.05) is 13.8 Å². The van der Waals surface area contributed by atoms with Gasteiger partial charge in [-0.2, -0.15) is 0 Å². The molecular formula is C27H48O2. The molecule has 4 fully saturated rings. The zero-order chi connectivity index (χ0) is 21.2. The molecule has 0 aromatic rings. The minimum Gasteiger partial charge on any atom is -0.390 e. The fraction of sp³-hybridized carbons (Fsp3) is 1.00.